The Kier molecular flexibility index (Phi) is 5.64. The molecule has 2 rings (SSSR count). The summed E-state index contributed by atoms with van der Waals surface area (Å²) in [4.78, 5) is 2.33. The Labute approximate surface area is 145 Å². The number of aryl methyl sites for hydroxylation is 1. The summed E-state index contributed by atoms with van der Waals surface area (Å²) in [5.74, 6) is 0. The van der Waals surface area contributed by atoms with Crippen LogP contribution in [0.4, 0.5) is 11.4 Å². The second-order valence-electron chi connectivity index (χ2n) is 6.84. The minimum Gasteiger partial charge on any atom is -0.379 e. The molecule has 0 saturated heterocycles. The predicted molar refractivity (Wildman–Crippen MR) is 99.6 cm³/mol. The first-order valence-electron chi connectivity index (χ1n) is 8.28. The van der Waals surface area contributed by atoms with E-state index in [1.54, 1.807) is 7.11 Å². The number of nitrogens with zero attached hydrogens (tertiary/aromatic N) is 2. The molecule has 0 heterocycles. The molecule has 0 N–H and O–H groups in total. The summed E-state index contributed by atoms with van der Waals surface area (Å²) >= 11 is 0. The van der Waals surface area contributed by atoms with Gasteiger partial charge in [-0.3, -0.25) is 0 Å². The quantitative estimate of drug-likeness (QED) is 0.732. The van der Waals surface area contributed by atoms with Crippen molar-refractivity contribution >= 4 is 11.4 Å². The van der Waals surface area contributed by atoms with Crippen LogP contribution in [-0.4, -0.2) is 18.8 Å². The highest BCUT2D eigenvalue weighted by Gasteiger charge is 2.26. The highest BCUT2D eigenvalue weighted by molar-refractivity contribution is 5.68. The minimum absolute atomic E-state index is 0.201. The number of benzene rings is 2. The Morgan fingerprint density at radius 2 is 1.83 bits per heavy atom. The standard InChI is InChI=1S/C21H26N2O/c1-16-13-18(15-22)11-12-20(16)23(19-9-7-6-8-10-19)17(2)14-21(3,4)24-5/h6-13,17H,14H2,1-5H3. The zero-order valence-electron chi connectivity index (χ0n) is 15.2. The number of hydrogen-bond acceptors (Lipinski definition) is 3. The number of ether oxygens (including phenoxy) is 1. The molecule has 2 aromatic rings. The molecule has 0 aliphatic rings. The van der Waals surface area contributed by atoms with Gasteiger partial charge in [-0.1, -0.05) is 18.2 Å². The van der Waals surface area contributed by atoms with E-state index in [2.05, 4.69) is 62.9 Å². The van der Waals surface area contributed by atoms with E-state index in [1.807, 2.05) is 24.3 Å². The highest BCUT2D eigenvalue weighted by Crippen LogP contribution is 2.34. The Morgan fingerprint density at radius 1 is 1.17 bits per heavy atom. The van der Waals surface area contributed by atoms with E-state index < -0.39 is 0 Å². The van der Waals surface area contributed by atoms with Crippen LogP contribution in [0.25, 0.3) is 0 Å². The first kappa shape index (κ1) is 18.0. The molecule has 1 atom stereocenters. The van der Waals surface area contributed by atoms with Crippen molar-refractivity contribution in [2.75, 3.05) is 12.0 Å². The lowest BCUT2D eigenvalue weighted by atomic mass is 9.97. The monoisotopic (exact) mass is 322 g/mol. The molecule has 3 nitrogen and oxygen atoms in total. The van der Waals surface area contributed by atoms with Crippen molar-refractivity contribution in [1.29, 1.82) is 5.26 Å². The minimum atomic E-state index is -0.201. The normalized spacial score (nSPS) is 12.5. The number of methoxy groups -OCH3 is 1. The smallest absolute Gasteiger partial charge is 0.0991 e. The Morgan fingerprint density at radius 3 is 2.38 bits per heavy atom. The van der Waals surface area contributed by atoms with Crippen LogP contribution in [0.2, 0.25) is 0 Å². The van der Waals surface area contributed by atoms with Gasteiger partial charge in [0, 0.05) is 24.5 Å². The van der Waals surface area contributed by atoms with Crippen LogP contribution in [0.3, 0.4) is 0 Å². The van der Waals surface area contributed by atoms with E-state index in [0.717, 1.165) is 23.4 Å². The summed E-state index contributed by atoms with van der Waals surface area (Å²) in [6.45, 7) is 8.49. The van der Waals surface area contributed by atoms with Gasteiger partial charge in [-0.15, -0.1) is 0 Å². The van der Waals surface area contributed by atoms with E-state index >= 15 is 0 Å². The summed E-state index contributed by atoms with van der Waals surface area (Å²) in [7, 11) is 1.76. The maximum absolute atomic E-state index is 9.12. The number of para-hydroxylation sites is 1. The topological polar surface area (TPSA) is 36.3 Å². The summed E-state index contributed by atoms with van der Waals surface area (Å²) in [5.41, 5.74) is 3.85. The van der Waals surface area contributed by atoms with Gasteiger partial charge in [-0.05, 0) is 70.0 Å². The summed E-state index contributed by atoms with van der Waals surface area (Å²) in [6, 6.07) is 18.7. The van der Waals surface area contributed by atoms with Gasteiger partial charge >= 0.3 is 0 Å². The van der Waals surface area contributed by atoms with Gasteiger partial charge in [0.2, 0.25) is 0 Å². The van der Waals surface area contributed by atoms with Crippen molar-refractivity contribution in [2.45, 2.75) is 45.8 Å². The van der Waals surface area contributed by atoms with Crippen molar-refractivity contribution < 1.29 is 4.74 Å². The zero-order valence-corrected chi connectivity index (χ0v) is 15.2. The van der Waals surface area contributed by atoms with Crippen LogP contribution in [0.1, 0.15) is 38.3 Å². The van der Waals surface area contributed by atoms with E-state index in [9.17, 15) is 0 Å². The molecule has 0 fully saturated rings. The third-order valence-electron chi connectivity index (χ3n) is 4.40. The van der Waals surface area contributed by atoms with Crippen LogP contribution in [-0.2, 0) is 4.74 Å². The molecule has 0 bridgehead atoms. The molecule has 24 heavy (non-hydrogen) atoms. The maximum atomic E-state index is 9.12. The molecular formula is C21H26N2O. The van der Waals surface area contributed by atoms with Crippen molar-refractivity contribution in [2.24, 2.45) is 0 Å². The van der Waals surface area contributed by atoms with Crippen LogP contribution in [0.15, 0.2) is 48.5 Å². The number of anilines is 2. The molecule has 2 aromatic carbocycles. The van der Waals surface area contributed by atoms with Gasteiger partial charge < -0.3 is 9.64 Å². The van der Waals surface area contributed by atoms with E-state index in [-0.39, 0.29) is 11.6 Å². The van der Waals surface area contributed by atoms with Crippen molar-refractivity contribution in [1.82, 2.24) is 0 Å². The summed E-state index contributed by atoms with van der Waals surface area (Å²) < 4.78 is 5.63. The molecule has 0 aliphatic carbocycles. The number of rotatable bonds is 6. The van der Waals surface area contributed by atoms with Crippen LogP contribution in [0.5, 0.6) is 0 Å². The second kappa shape index (κ2) is 7.51. The number of hydrogen-bond donors (Lipinski definition) is 0. The summed E-state index contributed by atoms with van der Waals surface area (Å²) in [6.07, 6.45) is 0.887. The first-order chi connectivity index (χ1) is 11.4. The fourth-order valence-electron chi connectivity index (χ4n) is 3.10. The third-order valence-corrected chi connectivity index (χ3v) is 4.40. The lowest BCUT2D eigenvalue weighted by Crippen LogP contribution is -2.37. The maximum Gasteiger partial charge on any atom is 0.0991 e. The van der Waals surface area contributed by atoms with Crippen LogP contribution in [0, 0.1) is 18.3 Å². The Balaban J connectivity index is 2.46. The van der Waals surface area contributed by atoms with E-state index in [1.165, 1.54) is 0 Å². The van der Waals surface area contributed by atoms with Gasteiger partial charge in [-0.25, -0.2) is 0 Å². The largest absolute Gasteiger partial charge is 0.379 e. The van der Waals surface area contributed by atoms with Crippen LogP contribution >= 0.6 is 0 Å². The van der Waals surface area contributed by atoms with Gasteiger partial charge in [0.15, 0.2) is 0 Å². The first-order valence-corrected chi connectivity index (χ1v) is 8.28. The molecule has 0 saturated carbocycles. The molecule has 3 heteroatoms. The zero-order chi connectivity index (χ0) is 17.7. The molecule has 0 aromatic heterocycles. The lowest BCUT2D eigenvalue weighted by molar-refractivity contribution is 0.0114. The molecule has 0 aliphatic heterocycles. The van der Waals surface area contributed by atoms with E-state index in [4.69, 9.17) is 10.00 Å². The average molecular weight is 322 g/mol. The molecule has 0 spiro atoms. The predicted octanol–water partition coefficient (Wildman–Crippen LogP) is 5.21. The van der Waals surface area contributed by atoms with Gasteiger partial charge in [0.25, 0.3) is 0 Å². The third kappa shape index (κ3) is 4.15. The molecule has 0 radical (unpaired) electrons. The SMILES string of the molecule is COC(C)(C)CC(C)N(c1ccccc1)c1ccc(C#N)cc1C. The fraction of sp³-hybridized carbons (Fsp3) is 0.381. The molecule has 1 unspecified atom stereocenters. The molecule has 126 valence electrons. The molecular weight excluding hydrogens is 296 g/mol. The van der Waals surface area contributed by atoms with Gasteiger partial charge in [0.1, 0.15) is 0 Å². The summed E-state index contributed by atoms with van der Waals surface area (Å²) in [5, 5.41) is 9.12. The average Bonchev–Trinajstić information content (AvgIpc) is 2.57. The van der Waals surface area contributed by atoms with E-state index in [0.29, 0.717) is 5.56 Å². The lowest BCUT2D eigenvalue weighted by Gasteiger charge is -2.37. The Bertz CT molecular complexity index is 716. The van der Waals surface area contributed by atoms with Crippen molar-refractivity contribution in [3.8, 4) is 6.07 Å². The van der Waals surface area contributed by atoms with Gasteiger partial charge in [-0.2, -0.15) is 5.26 Å². The fourth-order valence-corrected chi connectivity index (χ4v) is 3.10. The van der Waals surface area contributed by atoms with Gasteiger partial charge in [0.05, 0.1) is 17.2 Å². The molecule has 0 amide bonds. The Hall–Kier alpha value is -2.31. The highest BCUT2D eigenvalue weighted by atomic mass is 16.5. The van der Waals surface area contributed by atoms with Crippen molar-refractivity contribution in [3.63, 3.8) is 0 Å². The second-order valence-corrected chi connectivity index (χ2v) is 6.84. The van der Waals surface area contributed by atoms with Crippen LogP contribution < -0.4 is 4.90 Å². The number of nitriles is 1. The van der Waals surface area contributed by atoms with Crippen molar-refractivity contribution in [3.05, 3.63) is 59.7 Å².